The number of hydrogen-bond acceptors (Lipinski definition) is 3. The second kappa shape index (κ2) is 5.04. The Balaban J connectivity index is 1.70. The smallest absolute Gasteiger partial charge is 0.413 e. The molecule has 1 heterocycles. The average molecular weight is 267 g/mol. The molecule has 1 aromatic carbocycles. The van der Waals surface area contributed by atoms with Crippen LogP contribution in [-0.4, -0.2) is 12.6 Å². The average Bonchev–Trinajstić information content (AvgIpc) is 2.39. The van der Waals surface area contributed by atoms with Crippen LogP contribution in [0.4, 0.5) is 0 Å². The van der Waals surface area contributed by atoms with Gasteiger partial charge in [0.15, 0.2) is 0 Å². The first-order chi connectivity index (χ1) is 8.75. The molecule has 1 aliphatic carbocycles. The molecule has 1 N–H and O–H groups in total. The van der Waals surface area contributed by atoms with E-state index in [0.717, 1.165) is 12.8 Å². The van der Waals surface area contributed by atoms with E-state index in [9.17, 15) is 4.57 Å². The second-order valence-electron chi connectivity index (χ2n) is 4.98. The molecule has 0 spiro atoms. The molecule has 1 aromatic rings. The van der Waals surface area contributed by atoms with Gasteiger partial charge < -0.3 is 4.52 Å². The molecule has 1 saturated heterocycles. The first-order valence-electron chi connectivity index (χ1n) is 6.52. The van der Waals surface area contributed by atoms with Gasteiger partial charge in [-0.3, -0.25) is 4.52 Å². The molecule has 3 atom stereocenters. The van der Waals surface area contributed by atoms with E-state index in [0.29, 0.717) is 18.3 Å². The molecular weight excluding hydrogens is 249 g/mol. The van der Waals surface area contributed by atoms with Gasteiger partial charge >= 0.3 is 7.75 Å². The Hall–Kier alpha value is -0.830. The summed E-state index contributed by atoms with van der Waals surface area (Å²) in [5.41, 5.74) is 0. The highest BCUT2D eigenvalue weighted by Crippen LogP contribution is 2.50. The van der Waals surface area contributed by atoms with Crippen LogP contribution in [0.3, 0.4) is 0 Å². The molecule has 0 radical (unpaired) electrons. The van der Waals surface area contributed by atoms with Crippen LogP contribution in [0.5, 0.6) is 5.75 Å². The maximum atomic E-state index is 12.5. The predicted molar refractivity (Wildman–Crippen MR) is 69.5 cm³/mol. The molecule has 1 aliphatic heterocycles. The van der Waals surface area contributed by atoms with Gasteiger partial charge in [-0.1, -0.05) is 31.0 Å². The van der Waals surface area contributed by atoms with Gasteiger partial charge in [-0.15, -0.1) is 0 Å². The van der Waals surface area contributed by atoms with Gasteiger partial charge in [0.2, 0.25) is 0 Å². The highest BCUT2D eigenvalue weighted by atomic mass is 31.2. The third-order valence-electron chi connectivity index (χ3n) is 3.66. The Morgan fingerprint density at radius 3 is 2.83 bits per heavy atom. The van der Waals surface area contributed by atoms with Crippen LogP contribution in [0.2, 0.25) is 0 Å². The van der Waals surface area contributed by atoms with Crippen LogP contribution in [-0.2, 0) is 9.09 Å². The summed E-state index contributed by atoms with van der Waals surface area (Å²) in [5, 5.41) is 3.09. The number of benzene rings is 1. The lowest BCUT2D eigenvalue weighted by Crippen LogP contribution is -2.44. The molecular formula is C13H18NO3P. The van der Waals surface area contributed by atoms with Crippen LogP contribution >= 0.6 is 7.75 Å². The van der Waals surface area contributed by atoms with E-state index in [1.807, 2.05) is 18.2 Å². The fourth-order valence-corrected chi connectivity index (χ4v) is 4.40. The van der Waals surface area contributed by atoms with Crippen LogP contribution in [0, 0.1) is 5.92 Å². The van der Waals surface area contributed by atoms with Crippen molar-refractivity contribution in [3.63, 3.8) is 0 Å². The van der Waals surface area contributed by atoms with E-state index < -0.39 is 7.75 Å². The van der Waals surface area contributed by atoms with Gasteiger partial charge in [0, 0.05) is 6.04 Å². The highest BCUT2D eigenvalue weighted by molar-refractivity contribution is 7.52. The maximum absolute atomic E-state index is 12.5. The first kappa shape index (κ1) is 12.2. The fourth-order valence-electron chi connectivity index (χ4n) is 2.68. The van der Waals surface area contributed by atoms with Crippen molar-refractivity contribution < 1.29 is 13.6 Å². The lowest BCUT2D eigenvalue weighted by atomic mass is 9.86. The van der Waals surface area contributed by atoms with E-state index in [2.05, 4.69) is 5.09 Å². The SMILES string of the molecule is O=[P@]1(Oc2ccccc2)N[C@H]2CCCC[C@@H]2CO1. The molecule has 18 heavy (non-hydrogen) atoms. The van der Waals surface area contributed by atoms with Crippen molar-refractivity contribution in [3.05, 3.63) is 30.3 Å². The van der Waals surface area contributed by atoms with E-state index in [4.69, 9.17) is 9.05 Å². The Bertz CT molecular complexity index is 451. The minimum Gasteiger partial charge on any atom is -0.413 e. The molecule has 0 bridgehead atoms. The van der Waals surface area contributed by atoms with E-state index in [1.165, 1.54) is 12.8 Å². The number of fused-ring (bicyclic) bond motifs is 1. The van der Waals surface area contributed by atoms with Crippen molar-refractivity contribution in [1.29, 1.82) is 0 Å². The Morgan fingerprint density at radius 2 is 2.00 bits per heavy atom. The molecule has 1 saturated carbocycles. The monoisotopic (exact) mass is 267 g/mol. The Labute approximate surface area is 107 Å². The largest absolute Gasteiger partial charge is 0.458 e. The van der Waals surface area contributed by atoms with E-state index >= 15 is 0 Å². The lowest BCUT2D eigenvalue weighted by molar-refractivity contribution is 0.123. The number of rotatable bonds is 2. The van der Waals surface area contributed by atoms with Crippen molar-refractivity contribution in [3.8, 4) is 5.75 Å². The molecule has 3 rings (SSSR count). The number of hydrogen-bond donors (Lipinski definition) is 1. The third-order valence-corrected chi connectivity index (χ3v) is 5.25. The molecule has 0 unspecified atom stereocenters. The maximum Gasteiger partial charge on any atom is 0.458 e. The Kier molecular flexibility index (Phi) is 3.42. The second-order valence-corrected chi connectivity index (χ2v) is 6.67. The zero-order valence-corrected chi connectivity index (χ0v) is 11.1. The van der Waals surface area contributed by atoms with E-state index in [-0.39, 0.29) is 6.04 Å². The molecule has 98 valence electrons. The summed E-state index contributed by atoms with van der Waals surface area (Å²) in [5.74, 6) is 1.07. The number of nitrogens with one attached hydrogen (secondary N) is 1. The van der Waals surface area contributed by atoms with Gasteiger partial charge in [-0.05, 0) is 30.9 Å². The quantitative estimate of drug-likeness (QED) is 0.835. The van der Waals surface area contributed by atoms with Crippen molar-refractivity contribution in [1.82, 2.24) is 5.09 Å². The third kappa shape index (κ3) is 2.61. The summed E-state index contributed by atoms with van der Waals surface area (Å²) >= 11 is 0. The normalized spacial score (nSPS) is 35.8. The molecule has 4 nitrogen and oxygen atoms in total. The van der Waals surface area contributed by atoms with Crippen LogP contribution in [0.1, 0.15) is 25.7 Å². The summed E-state index contributed by atoms with van der Waals surface area (Å²) < 4.78 is 23.5. The highest BCUT2D eigenvalue weighted by Gasteiger charge is 2.40. The summed E-state index contributed by atoms with van der Waals surface area (Å²) in [4.78, 5) is 0. The zero-order valence-electron chi connectivity index (χ0n) is 10.2. The Morgan fingerprint density at radius 1 is 1.22 bits per heavy atom. The predicted octanol–water partition coefficient (Wildman–Crippen LogP) is 3.35. The molecule has 0 aromatic heterocycles. The standard InChI is InChI=1S/C13H18NO3P/c15-18(17-12-7-2-1-3-8-12)14-13-9-5-4-6-11(13)10-16-18/h1-3,7-8,11,13H,4-6,9-10H2,(H,14,15)/t11-,13+,18-/m1/s1. The van der Waals surface area contributed by atoms with Gasteiger partial charge in [-0.25, -0.2) is 9.65 Å². The van der Waals surface area contributed by atoms with Crippen molar-refractivity contribution in [2.24, 2.45) is 5.92 Å². The van der Waals surface area contributed by atoms with Crippen LogP contribution < -0.4 is 9.61 Å². The van der Waals surface area contributed by atoms with E-state index in [1.54, 1.807) is 12.1 Å². The molecule has 5 heteroatoms. The summed E-state index contributed by atoms with van der Waals surface area (Å²) in [6.45, 7) is 0.543. The summed E-state index contributed by atoms with van der Waals surface area (Å²) in [7, 11) is -3.17. The van der Waals surface area contributed by atoms with Gasteiger partial charge in [0.1, 0.15) is 5.75 Å². The minimum atomic E-state index is -3.17. The van der Waals surface area contributed by atoms with Gasteiger partial charge in [-0.2, -0.15) is 0 Å². The van der Waals surface area contributed by atoms with Crippen LogP contribution in [0.15, 0.2) is 30.3 Å². The first-order valence-corrected chi connectivity index (χ1v) is 8.06. The fraction of sp³-hybridized carbons (Fsp3) is 0.538. The van der Waals surface area contributed by atoms with Gasteiger partial charge in [0.05, 0.1) is 6.61 Å². The lowest BCUT2D eigenvalue weighted by Gasteiger charge is -2.38. The van der Waals surface area contributed by atoms with Gasteiger partial charge in [0.25, 0.3) is 0 Å². The summed E-state index contributed by atoms with van der Waals surface area (Å²) in [6.07, 6.45) is 4.66. The number of para-hydroxylation sites is 1. The molecule has 2 fully saturated rings. The molecule has 2 aliphatic rings. The molecule has 0 amide bonds. The van der Waals surface area contributed by atoms with Crippen LogP contribution in [0.25, 0.3) is 0 Å². The van der Waals surface area contributed by atoms with Crippen molar-refractivity contribution in [2.45, 2.75) is 31.7 Å². The zero-order chi connectivity index (χ0) is 12.4. The van der Waals surface area contributed by atoms with Crippen molar-refractivity contribution in [2.75, 3.05) is 6.61 Å². The topological polar surface area (TPSA) is 47.6 Å². The van der Waals surface area contributed by atoms with Crippen molar-refractivity contribution >= 4 is 7.75 Å². The minimum absolute atomic E-state index is 0.280. The summed E-state index contributed by atoms with van der Waals surface area (Å²) in [6, 6.07) is 9.47.